The van der Waals surface area contributed by atoms with Gasteiger partial charge in [-0.15, -0.1) is 0 Å². The van der Waals surface area contributed by atoms with Crippen molar-refractivity contribution < 1.29 is 18.6 Å². The molecule has 6 nitrogen and oxygen atoms in total. The fraction of sp³-hybridized carbons (Fsp3) is 0.0769. The molecule has 22 heavy (non-hydrogen) atoms. The van der Waals surface area contributed by atoms with Gasteiger partial charge in [0.2, 0.25) is 0 Å². The zero-order valence-corrected chi connectivity index (χ0v) is 12.4. The second-order valence-electron chi connectivity index (χ2n) is 4.23. The third-order valence-electron chi connectivity index (χ3n) is 2.91. The molecule has 0 radical (unpaired) electrons. The Morgan fingerprint density at radius 1 is 1.18 bits per heavy atom. The van der Waals surface area contributed by atoms with Crippen molar-refractivity contribution in [2.75, 3.05) is 7.11 Å². The molecule has 0 aliphatic carbocycles. The van der Waals surface area contributed by atoms with E-state index in [1.54, 1.807) is 0 Å². The molecule has 3 rings (SSSR count). The van der Waals surface area contributed by atoms with Crippen molar-refractivity contribution in [3.63, 3.8) is 0 Å². The maximum Gasteiger partial charge on any atom is 0.358 e. The Hall–Kier alpha value is -2.25. The number of fused-ring (bicyclic) bond motifs is 1. The average molecular weight is 342 g/mol. The summed E-state index contributed by atoms with van der Waals surface area (Å²) in [6, 6.07) is 3.79. The van der Waals surface area contributed by atoms with Gasteiger partial charge >= 0.3 is 5.97 Å². The first-order valence-electron chi connectivity index (χ1n) is 5.88. The highest BCUT2D eigenvalue weighted by Crippen LogP contribution is 2.33. The van der Waals surface area contributed by atoms with E-state index in [1.165, 1.54) is 19.2 Å². The van der Waals surface area contributed by atoms with Crippen molar-refractivity contribution in [2.45, 2.75) is 0 Å². The lowest BCUT2D eigenvalue weighted by atomic mass is 10.1. The molecular weight excluding hydrogens is 336 g/mol. The molecule has 9 heteroatoms. The van der Waals surface area contributed by atoms with Gasteiger partial charge in [-0.1, -0.05) is 23.2 Å². The molecule has 0 N–H and O–H groups in total. The molecule has 112 valence electrons. The van der Waals surface area contributed by atoms with Crippen LogP contribution in [0.3, 0.4) is 0 Å². The number of hydrogen-bond acceptors (Lipinski definition) is 6. The fourth-order valence-corrected chi connectivity index (χ4v) is 2.42. The Balaban J connectivity index is 2.25. The number of halogens is 3. The lowest BCUT2D eigenvalue weighted by molar-refractivity contribution is 0.0594. The molecule has 0 saturated heterocycles. The van der Waals surface area contributed by atoms with Crippen molar-refractivity contribution >= 4 is 40.2 Å². The third-order valence-corrected chi connectivity index (χ3v) is 3.48. The Morgan fingerprint density at radius 2 is 1.86 bits per heavy atom. The summed E-state index contributed by atoms with van der Waals surface area (Å²) in [5.74, 6) is -1.40. The lowest BCUT2D eigenvalue weighted by Crippen LogP contribution is -2.06. The maximum absolute atomic E-state index is 14.2. The van der Waals surface area contributed by atoms with Gasteiger partial charge in [0.05, 0.1) is 22.8 Å². The van der Waals surface area contributed by atoms with E-state index in [0.717, 1.165) is 6.07 Å². The summed E-state index contributed by atoms with van der Waals surface area (Å²) >= 11 is 12.0. The van der Waals surface area contributed by atoms with Crippen LogP contribution in [0.1, 0.15) is 10.5 Å². The minimum Gasteiger partial charge on any atom is -0.464 e. The summed E-state index contributed by atoms with van der Waals surface area (Å²) in [7, 11) is 1.18. The van der Waals surface area contributed by atoms with Gasteiger partial charge in [-0.2, -0.15) is 0 Å². The quantitative estimate of drug-likeness (QED) is 0.663. The van der Waals surface area contributed by atoms with Crippen LogP contribution in [0, 0.1) is 5.82 Å². The number of ether oxygens (including phenoxy) is 1. The number of esters is 1. The fourth-order valence-electron chi connectivity index (χ4n) is 1.88. The number of benzene rings is 1. The molecule has 3 aromatic rings. The van der Waals surface area contributed by atoms with E-state index < -0.39 is 11.8 Å². The van der Waals surface area contributed by atoms with E-state index >= 15 is 0 Å². The number of aromatic nitrogens is 3. The topological polar surface area (TPSA) is 78.1 Å². The smallest absolute Gasteiger partial charge is 0.358 e. The van der Waals surface area contributed by atoms with Crippen molar-refractivity contribution in [3.05, 3.63) is 39.8 Å². The molecule has 0 aliphatic rings. The van der Waals surface area contributed by atoms with E-state index in [1.807, 2.05) is 0 Å². The van der Waals surface area contributed by atoms with E-state index in [0.29, 0.717) is 5.52 Å². The maximum atomic E-state index is 14.2. The molecule has 2 aromatic heterocycles. The predicted molar refractivity (Wildman–Crippen MR) is 76.4 cm³/mol. The highest BCUT2D eigenvalue weighted by molar-refractivity contribution is 6.37. The van der Waals surface area contributed by atoms with Crippen molar-refractivity contribution in [1.29, 1.82) is 0 Å². The molecule has 0 saturated carbocycles. The van der Waals surface area contributed by atoms with Crippen LogP contribution in [0.2, 0.25) is 10.0 Å². The largest absolute Gasteiger partial charge is 0.464 e. The minimum absolute atomic E-state index is 0.00480. The second kappa shape index (κ2) is 5.51. The van der Waals surface area contributed by atoms with E-state index in [9.17, 15) is 9.18 Å². The summed E-state index contributed by atoms with van der Waals surface area (Å²) < 4.78 is 23.3. The highest BCUT2D eigenvalue weighted by atomic mass is 35.5. The van der Waals surface area contributed by atoms with Gasteiger partial charge in [-0.25, -0.2) is 18.8 Å². The molecule has 2 heterocycles. The number of nitrogens with zero attached hydrogens (tertiary/aromatic N) is 3. The predicted octanol–water partition coefficient (Wildman–Crippen LogP) is 3.52. The number of carbonyl (C=O) groups excluding carboxylic acids is 1. The standard InChI is InChI=1S/C13H6Cl2FN3O3/c1-21-13(20)12-7(15)3-6(14)11(17-12)5-2-9-10(4-8(5)16)19-22-18-9/h2-4H,1H3. The van der Waals surface area contributed by atoms with Crippen molar-refractivity contribution in [3.8, 4) is 11.3 Å². The number of pyridine rings is 1. The van der Waals surface area contributed by atoms with Gasteiger partial charge in [0.1, 0.15) is 16.9 Å². The number of hydrogen-bond donors (Lipinski definition) is 0. The molecule has 0 unspecified atom stereocenters. The molecular formula is C13H6Cl2FN3O3. The lowest BCUT2D eigenvalue weighted by Gasteiger charge is -2.08. The van der Waals surface area contributed by atoms with Crippen LogP contribution in [-0.2, 0) is 4.74 Å². The number of methoxy groups -OCH3 is 1. The summed E-state index contributed by atoms with van der Waals surface area (Å²) in [5, 5.41) is 7.24. The average Bonchev–Trinajstić information content (AvgIpc) is 2.93. The van der Waals surface area contributed by atoms with Gasteiger partial charge < -0.3 is 4.74 Å². The Kier molecular flexibility index (Phi) is 3.67. The van der Waals surface area contributed by atoms with Crippen LogP contribution < -0.4 is 0 Å². The zero-order valence-electron chi connectivity index (χ0n) is 10.9. The second-order valence-corrected chi connectivity index (χ2v) is 5.04. The van der Waals surface area contributed by atoms with Crippen molar-refractivity contribution in [1.82, 2.24) is 15.3 Å². The van der Waals surface area contributed by atoms with Crippen LogP contribution in [0.25, 0.3) is 22.3 Å². The van der Waals surface area contributed by atoms with E-state index in [2.05, 4.69) is 24.7 Å². The van der Waals surface area contributed by atoms with Gasteiger partial charge in [0.15, 0.2) is 5.69 Å². The van der Waals surface area contributed by atoms with Gasteiger partial charge in [0.25, 0.3) is 0 Å². The summed E-state index contributed by atoms with van der Waals surface area (Å²) in [5.41, 5.74) is 0.480. The normalized spacial score (nSPS) is 10.9. The first-order valence-corrected chi connectivity index (χ1v) is 6.63. The molecule has 0 amide bonds. The molecule has 0 atom stereocenters. The SMILES string of the molecule is COC(=O)c1nc(-c2cc3nonc3cc2F)c(Cl)cc1Cl. The van der Waals surface area contributed by atoms with Crippen LogP contribution >= 0.6 is 23.2 Å². The Labute approximate surface area is 132 Å². The summed E-state index contributed by atoms with van der Waals surface area (Å²) in [6.45, 7) is 0. The molecule has 0 bridgehead atoms. The molecule has 0 aliphatic heterocycles. The molecule has 1 aromatic carbocycles. The number of carbonyl (C=O) groups is 1. The Bertz CT molecular complexity index is 898. The van der Waals surface area contributed by atoms with Gasteiger partial charge in [-0.05, 0) is 22.4 Å². The highest BCUT2D eigenvalue weighted by Gasteiger charge is 2.20. The summed E-state index contributed by atoms with van der Waals surface area (Å²) in [4.78, 5) is 15.6. The number of rotatable bonds is 2. The van der Waals surface area contributed by atoms with Crippen molar-refractivity contribution in [2.24, 2.45) is 0 Å². The van der Waals surface area contributed by atoms with Gasteiger partial charge in [0, 0.05) is 11.6 Å². The monoisotopic (exact) mass is 341 g/mol. The minimum atomic E-state index is -0.757. The van der Waals surface area contributed by atoms with Crippen LogP contribution in [0.4, 0.5) is 4.39 Å². The first-order chi connectivity index (χ1) is 10.5. The molecule has 0 fully saturated rings. The first kappa shape index (κ1) is 14.7. The van der Waals surface area contributed by atoms with Crippen LogP contribution in [0.15, 0.2) is 22.8 Å². The van der Waals surface area contributed by atoms with Gasteiger partial charge in [-0.3, -0.25) is 0 Å². The van der Waals surface area contributed by atoms with E-state index in [4.69, 9.17) is 23.2 Å². The van der Waals surface area contributed by atoms with Crippen LogP contribution in [-0.4, -0.2) is 28.4 Å². The zero-order chi connectivity index (χ0) is 15.9. The summed E-state index contributed by atoms with van der Waals surface area (Å²) in [6.07, 6.45) is 0. The molecule has 0 spiro atoms. The Morgan fingerprint density at radius 3 is 2.55 bits per heavy atom. The third kappa shape index (κ3) is 2.38. The van der Waals surface area contributed by atoms with E-state index in [-0.39, 0.29) is 32.5 Å². The van der Waals surface area contributed by atoms with Crippen LogP contribution in [0.5, 0.6) is 0 Å².